The first-order valence-electron chi connectivity index (χ1n) is 6.54. The first-order valence-corrected chi connectivity index (χ1v) is 7.93. The van der Waals surface area contributed by atoms with Gasteiger partial charge in [0.2, 0.25) is 0 Å². The van der Waals surface area contributed by atoms with Gasteiger partial charge in [0, 0.05) is 12.0 Å². The van der Waals surface area contributed by atoms with Crippen LogP contribution in [0, 0.1) is 0 Å². The normalized spacial score (nSPS) is 14.7. The highest BCUT2D eigenvalue weighted by Crippen LogP contribution is 2.32. The van der Waals surface area contributed by atoms with E-state index in [0.717, 1.165) is 25.9 Å². The van der Waals surface area contributed by atoms with Gasteiger partial charge < -0.3 is 10.6 Å². The molecule has 0 radical (unpaired) electrons. The summed E-state index contributed by atoms with van der Waals surface area (Å²) in [5, 5.41) is 0. The fourth-order valence-corrected chi connectivity index (χ4v) is 2.86. The Kier molecular flexibility index (Phi) is 6.76. The highest BCUT2D eigenvalue weighted by atomic mass is 32.2. The molecular weight excluding hydrogens is 240 g/mol. The Balaban J connectivity index is 2.90. The summed E-state index contributed by atoms with van der Waals surface area (Å²) in [5.41, 5.74) is 7.66. The van der Waals surface area contributed by atoms with Crippen LogP contribution in [-0.4, -0.2) is 44.1 Å². The molecule has 0 aliphatic rings. The van der Waals surface area contributed by atoms with Crippen LogP contribution in [-0.2, 0) is 5.41 Å². The van der Waals surface area contributed by atoms with Gasteiger partial charge in [0.1, 0.15) is 0 Å². The highest BCUT2D eigenvalue weighted by Gasteiger charge is 2.29. The predicted molar refractivity (Wildman–Crippen MR) is 83.3 cm³/mol. The summed E-state index contributed by atoms with van der Waals surface area (Å²) in [6.45, 7) is 1.81. The summed E-state index contributed by atoms with van der Waals surface area (Å²) in [6.07, 6.45) is 4.45. The van der Waals surface area contributed by atoms with Crippen molar-refractivity contribution in [1.29, 1.82) is 0 Å². The monoisotopic (exact) mass is 266 g/mol. The van der Waals surface area contributed by atoms with E-state index >= 15 is 0 Å². The number of benzene rings is 1. The smallest absolute Gasteiger partial charge is 0.00955 e. The minimum atomic E-state index is 0.133. The van der Waals surface area contributed by atoms with Gasteiger partial charge in [-0.1, -0.05) is 30.3 Å². The Bertz CT molecular complexity index is 327. The van der Waals surface area contributed by atoms with Crippen LogP contribution in [0.5, 0.6) is 0 Å². The van der Waals surface area contributed by atoms with Gasteiger partial charge in [-0.2, -0.15) is 11.8 Å². The van der Waals surface area contributed by atoms with Gasteiger partial charge in [-0.3, -0.25) is 0 Å². The third-order valence-corrected chi connectivity index (χ3v) is 4.21. The SMILES string of the molecule is CSCCC(CN)(CCN(C)C)c1ccccc1. The van der Waals surface area contributed by atoms with Crippen molar-refractivity contribution in [3.05, 3.63) is 35.9 Å². The molecule has 0 saturated carbocycles. The fourth-order valence-electron chi connectivity index (χ4n) is 2.26. The summed E-state index contributed by atoms with van der Waals surface area (Å²) in [7, 11) is 4.25. The predicted octanol–water partition coefficient (Wildman–Crippen LogP) is 2.59. The van der Waals surface area contributed by atoms with Crippen LogP contribution in [0.4, 0.5) is 0 Å². The molecule has 2 N–H and O–H groups in total. The maximum absolute atomic E-state index is 6.14. The topological polar surface area (TPSA) is 29.3 Å². The van der Waals surface area contributed by atoms with E-state index in [1.54, 1.807) is 0 Å². The van der Waals surface area contributed by atoms with Crippen molar-refractivity contribution in [2.75, 3.05) is 39.2 Å². The van der Waals surface area contributed by atoms with Crippen LogP contribution in [0.25, 0.3) is 0 Å². The van der Waals surface area contributed by atoms with Crippen molar-refractivity contribution >= 4 is 11.8 Å². The molecule has 0 amide bonds. The first-order chi connectivity index (χ1) is 8.64. The van der Waals surface area contributed by atoms with Gasteiger partial charge in [0.05, 0.1) is 0 Å². The van der Waals surface area contributed by atoms with E-state index in [4.69, 9.17) is 5.73 Å². The number of hydrogen-bond acceptors (Lipinski definition) is 3. The Morgan fingerprint density at radius 3 is 2.33 bits per heavy atom. The average Bonchev–Trinajstić information content (AvgIpc) is 2.40. The van der Waals surface area contributed by atoms with Crippen LogP contribution < -0.4 is 5.73 Å². The quantitative estimate of drug-likeness (QED) is 0.784. The molecular formula is C15H26N2S. The largest absolute Gasteiger partial charge is 0.330 e. The number of hydrogen-bond donors (Lipinski definition) is 1. The Morgan fingerprint density at radius 1 is 1.17 bits per heavy atom. The summed E-state index contributed by atoms with van der Waals surface area (Å²) >= 11 is 1.90. The third-order valence-electron chi connectivity index (χ3n) is 3.60. The Labute approximate surface area is 116 Å². The molecule has 1 aromatic carbocycles. The molecule has 3 heteroatoms. The van der Waals surface area contributed by atoms with E-state index < -0.39 is 0 Å². The second-order valence-electron chi connectivity index (χ2n) is 5.15. The molecule has 2 nitrogen and oxygen atoms in total. The molecule has 0 aliphatic carbocycles. The van der Waals surface area contributed by atoms with Crippen LogP contribution in [0.3, 0.4) is 0 Å². The number of nitrogens with zero attached hydrogens (tertiary/aromatic N) is 1. The second kappa shape index (κ2) is 7.82. The lowest BCUT2D eigenvalue weighted by atomic mass is 9.75. The van der Waals surface area contributed by atoms with E-state index in [9.17, 15) is 0 Å². The maximum Gasteiger partial charge on any atom is 0.00955 e. The molecule has 0 bridgehead atoms. The standard InChI is InChI=1S/C15H26N2S/c1-17(2)11-9-15(13-16,10-12-18-3)14-7-5-4-6-8-14/h4-8H,9-13,16H2,1-3H3. The molecule has 0 heterocycles. The summed E-state index contributed by atoms with van der Waals surface area (Å²) in [4.78, 5) is 2.24. The van der Waals surface area contributed by atoms with Crippen molar-refractivity contribution in [3.8, 4) is 0 Å². The molecule has 1 aromatic rings. The molecule has 0 spiro atoms. The lowest BCUT2D eigenvalue weighted by Gasteiger charge is -2.34. The molecule has 1 unspecified atom stereocenters. The average molecular weight is 266 g/mol. The zero-order chi connectivity index (χ0) is 13.4. The van der Waals surface area contributed by atoms with E-state index in [0.29, 0.717) is 0 Å². The summed E-state index contributed by atoms with van der Waals surface area (Å²) in [6, 6.07) is 10.8. The Morgan fingerprint density at radius 2 is 1.83 bits per heavy atom. The zero-order valence-corrected chi connectivity index (χ0v) is 12.7. The lowest BCUT2D eigenvalue weighted by molar-refractivity contribution is 0.310. The number of thioether (sulfide) groups is 1. The van der Waals surface area contributed by atoms with Crippen molar-refractivity contribution in [3.63, 3.8) is 0 Å². The molecule has 0 aliphatic heterocycles. The molecule has 0 fully saturated rings. The van der Waals surface area contributed by atoms with Gasteiger partial charge in [0.25, 0.3) is 0 Å². The van der Waals surface area contributed by atoms with Crippen molar-refractivity contribution in [2.24, 2.45) is 5.73 Å². The zero-order valence-electron chi connectivity index (χ0n) is 11.9. The summed E-state index contributed by atoms with van der Waals surface area (Å²) in [5.74, 6) is 1.17. The van der Waals surface area contributed by atoms with Gasteiger partial charge >= 0.3 is 0 Å². The summed E-state index contributed by atoms with van der Waals surface area (Å²) < 4.78 is 0. The van der Waals surface area contributed by atoms with Crippen molar-refractivity contribution in [2.45, 2.75) is 18.3 Å². The maximum atomic E-state index is 6.14. The van der Waals surface area contributed by atoms with Crippen LogP contribution in [0.15, 0.2) is 30.3 Å². The lowest BCUT2D eigenvalue weighted by Crippen LogP contribution is -2.38. The van der Waals surface area contributed by atoms with E-state index in [1.807, 2.05) is 11.8 Å². The highest BCUT2D eigenvalue weighted by molar-refractivity contribution is 7.98. The minimum Gasteiger partial charge on any atom is -0.330 e. The van der Waals surface area contributed by atoms with Gasteiger partial charge in [-0.05, 0) is 51.1 Å². The molecule has 1 rings (SSSR count). The third kappa shape index (κ3) is 4.30. The first kappa shape index (κ1) is 15.5. The molecule has 0 saturated heterocycles. The molecule has 0 aromatic heterocycles. The second-order valence-corrected chi connectivity index (χ2v) is 6.13. The van der Waals surface area contributed by atoms with E-state index in [-0.39, 0.29) is 5.41 Å². The van der Waals surface area contributed by atoms with E-state index in [1.165, 1.54) is 11.3 Å². The van der Waals surface area contributed by atoms with Crippen molar-refractivity contribution in [1.82, 2.24) is 4.90 Å². The van der Waals surface area contributed by atoms with Crippen LogP contribution >= 0.6 is 11.8 Å². The number of nitrogens with two attached hydrogens (primary N) is 1. The van der Waals surface area contributed by atoms with Crippen LogP contribution in [0.1, 0.15) is 18.4 Å². The Hall–Kier alpha value is -0.510. The van der Waals surface area contributed by atoms with Gasteiger partial charge in [-0.15, -0.1) is 0 Å². The fraction of sp³-hybridized carbons (Fsp3) is 0.600. The van der Waals surface area contributed by atoms with Gasteiger partial charge in [-0.25, -0.2) is 0 Å². The molecule has 102 valence electrons. The molecule has 18 heavy (non-hydrogen) atoms. The van der Waals surface area contributed by atoms with Crippen LogP contribution in [0.2, 0.25) is 0 Å². The molecule has 1 atom stereocenters. The minimum absolute atomic E-state index is 0.133. The number of rotatable bonds is 8. The van der Waals surface area contributed by atoms with Gasteiger partial charge in [0.15, 0.2) is 0 Å². The van der Waals surface area contributed by atoms with E-state index in [2.05, 4.69) is 55.6 Å². The van der Waals surface area contributed by atoms with Crippen molar-refractivity contribution < 1.29 is 0 Å².